The van der Waals surface area contributed by atoms with Crippen molar-refractivity contribution in [1.29, 1.82) is 0 Å². The van der Waals surface area contributed by atoms with Gasteiger partial charge in [-0.25, -0.2) is 0 Å². The summed E-state index contributed by atoms with van der Waals surface area (Å²) < 4.78 is 6.79. The third kappa shape index (κ3) is 5.19. The van der Waals surface area contributed by atoms with Gasteiger partial charge in [0.05, 0.1) is 11.4 Å². The van der Waals surface area contributed by atoms with Gasteiger partial charge in [0.1, 0.15) is 11.2 Å². The molecule has 1 aliphatic carbocycles. The summed E-state index contributed by atoms with van der Waals surface area (Å²) in [6, 6.07) is 78.2. The minimum absolute atomic E-state index is 0.205. The number of hydrogen-bond donors (Lipinski definition) is 0. The minimum atomic E-state index is -0.205. The topological polar surface area (TPSA) is 16.4 Å². The number of para-hydroxylation sites is 1. The molecule has 0 bridgehead atoms. The van der Waals surface area contributed by atoms with Gasteiger partial charge in [-0.2, -0.15) is 0 Å². The van der Waals surface area contributed by atoms with E-state index in [1.54, 1.807) is 0 Å². The number of anilines is 3. The van der Waals surface area contributed by atoms with Crippen LogP contribution in [0.1, 0.15) is 25.0 Å². The van der Waals surface area contributed by atoms with Crippen LogP contribution in [-0.2, 0) is 5.41 Å². The Bertz CT molecular complexity index is 3830. The van der Waals surface area contributed by atoms with Gasteiger partial charge in [-0.15, -0.1) is 0 Å². The molecule has 0 amide bonds. The van der Waals surface area contributed by atoms with Crippen LogP contribution < -0.4 is 4.90 Å². The second-order valence-electron chi connectivity index (χ2n) is 17.5. The minimum Gasteiger partial charge on any atom is -0.456 e. The van der Waals surface area contributed by atoms with Crippen molar-refractivity contribution in [2.24, 2.45) is 0 Å². The molecule has 296 valence electrons. The van der Waals surface area contributed by atoms with Crippen LogP contribution in [0.25, 0.3) is 98.4 Å². The Morgan fingerprint density at radius 2 is 0.968 bits per heavy atom. The number of furan rings is 1. The molecule has 0 aliphatic heterocycles. The molecule has 0 radical (unpaired) electrons. The lowest BCUT2D eigenvalue weighted by Crippen LogP contribution is -2.17. The Hall–Kier alpha value is -7.94. The Morgan fingerprint density at radius 1 is 0.381 bits per heavy atom. The van der Waals surface area contributed by atoms with Crippen molar-refractivity contribution in [3.05, 3.63) is 223 Å². The van der Waals surface area contributed by atoms with Crippen LogP contribution in [0, 0.1) is 0 Å². The summed E-state index contributed by atoms with van der Waals surface area (Å²) in [5, 5.41) is 11.9. The van der Waals surface area contributed by atoms with Crippen molar-refractivity contribution in [2.45, 2.75) is 19.3 Å². The average Bonchev–Trinajstić information content (AvgIpc) is 3.83. The van der Waals surface area contributed by atoms with E-state index < -0.39 is 0 Å². The molecular weight excluding hydrogens is 763 g/mol. The maximum absolute atomic E-state index is 6.79. The number of hydrogen-bond acceptors (Lipinski definition) is 2. The van der Waals surface area contributed by atoms with E-state index in [0.29, 0.717) is 0 Å². The smallest absolute Gasteiger partial charge is 0.136 e. The van der Waals surface area contributed by atoms with E-state index in [2.05, 4.69) is 231 Å². The number of rotatable bonds is 5. The third-order valence-corrected chi connectivity index (χ3v) is 13.8. The first kappa shape index (κ1) is 35.8. The van der Waals surface area contributed by atoms with Gasteiger partial charge in [0.25, 0.3) is 0 Å². The summed E-state index contributed by atoms with van der Waals surface area (Å²) in [5.74, 6) is 0. The summed E-state index contributed by atoms with van der Waals surface area (Å²) in [6.45, 7) is 4.76. The fourth-order valence-corrected chi connectivity index (χ4v) is 11.0. The van der Waals surface area contributed by atoms with E-state index in [1.807, 2.05) is 0 Å². The standard InChI is InChI=1S/C61H41NO/c1-61(2)52-30-16-14-26-46(52)47-33-32-40(37-53(47)61)62(60-49-28-13-11-24-44(49)43-23-10-12-27-48(43)57(60)38-18-4-3-5-19-38)54-34-35-56-59(50-29-15-17-31-55(50)63-56)58(54)51-36-39-20-6-7-21-41(39)42-22-8-9-25-45(42)51/h3-37H,1-2H3. The van der Waals surface area contributed by atoms with Crippen molar-refractivity contribution in [1.82, 2.24) is 0 Å². The van der Waals surface area contributed by atoms with Gasteiger partial charge in [0.15, 0.2) is 0 Å². The molecule has 0 unspecified atom stereocenters. The largest absolute Gasteiger partial charge is 0.456 e. The first-order chi connectivity index (χ1) is 31.0. The Labute approximate surface area is 365 Å². The van der Waals surface area contributed by atoms with Gasteiger partial charge in [-0.05, 0) is 107 Å². The van der Waals surface area contributed by atoms with Gasteiger partial charge >= 0.3 is 0 Å². The molecule has 1 heterocycles. The SMILES string of the molecule is CC1(C)c2ccccc2-c2ccc(N(c3ccc4oc5ccccc5c4c3-c3cc4ccccc4c4ccccc34)c3c(-c4ccccc4)c4ccccc4c4ccccc34)cc21. The second kappa shape index (κ2) is 13.5. The first-order valence-electron chi connectivity index (χ1n) is 21.9. The summed E-state index contributed by atoms with van der Waals surface area (Å²) in [5.41, 5.74) is 14.8. The molecule has 1 aromatic heterocycles. The lowest BCUT2D eigenvalue weighted by molar-refractivity contribution is 0.660. The summed E-state index contributed by atoms with van der Waals surface area (Å²) in [4.78, 5) is 2.59. The maximum Gasteiger partial charge on any atom is 0.136 e. The highest BCUT2D eigenvalue weighted by atomic mass is 16.3. The third-order valence-electron chi connectivity index (χ3n) is 13.8. The Kier molecular flexibility index (Phi) is 7.68. The highest BCUT2D eigenvalue weighted by molar-refractivity contribution is 6.26. The van der Waals surface area contributed by atoms with Crippen LogP contribution in [0.3, 0.4) is 0 Å². The number of nitrogens with zero attached hydrogens (tertiary/aromatic N) is 1. The molecule has 0 saturated heterocycles. The van der Waals surface area contributed by atoms with E-state index in [0.717, 1.165) is 44.6 Å². The predicted octanol–water partition coefficient (Wildman–Crippen LogP) is 17.3. The van der Waals surface area contributed by atoms with Gasteiger partial charge < -0.3 is 9.32 Å². The molecule has 2 heteroatoms. The van der Waals surface area contributed by atoms with E-state index in [9.17, 15) is 0 Å². The summed E-state index contributed by atoms with van der Waals surface area (Å²) in [7, 11) is 0. The Balaban J connectivity index is 1.25. The molecule has 0 atom stereocenters. The molecule has 0 fully saturated rings. The fourth-order valence-electron chi connectivity index (χ4n) is 11.0. The van der Waals surface area contributed by atoms with E-state index in [-0.39, 0.29) is 5.41 Å². The van der Waals surface area contributed by atoms with Crippen molar-refractivity contribution in [3.8, 4) is 33.4 Å². The zero-order valence-corrected chi connectivity index (χ0v) is 35.1. The number of benzene rings is 11. The second-order valence-corrected chi connectivity index (χ2v) is 17.5. The maximum atomic E-state index is 6.79. The van der Waals surface area contributed by atoms with Crippen LogP contribution in [0.15, 0.2) is 217 Å². The van der Waals surface area contributed by atoms with Crippen LogP contribution in [0.5, 0.6) is 0 Å². The zero-order chi connectivity index (χ0) is 41.8. The number of fused-ring (bicyclic) bond motifs is 12. The van der Waals surface area contributed by atoms with E-state index in [1.165, 1.54) is 82.0 Å². The van der Waals surface area contributed by atoms with Gasteiger partial charge in [-0.1, -0.05) is 190 Å². The monoisotopic (exact) mass is 803 g/mol. The average molecular weight is 804 g/mol. The summed E-state index contributed by atoms with van der Waals surface area (Å²) in [6.07, 6.45) is 0. The zero-order valence-electron chi connectivity index (χ0n) is 35.1. The van der Waals surface area contributed by atoms with Crippen LogP contribution in [-0.4, -0.2) is 0 Å². The van der Waals surface area contributed by atoms with Crippen LogP contribution >= 0.6 is 0 Å². The molecule has 1 aliphatic rings. The lowest BCUT2D eigenvalue weighted by atomic mass is 9.82. The van der Waals surface area contributed by atoms with Crippen molar-refractivity contribution < 1.29 is 4.42 Å². The van der Waals surface area contributed by atoms with Gasteiger partial charge in [-0.3, -0.25) is 0 Å². The van der Waals surface area contributed by atoms with Crippen LogP contribution in [0.2, 0.25) is 0 Å². The fraction of sp³-hybridized carbons (Fsp3) is 0.0492. The first-order valence-corrected chi connectivity index (χ1v) is 21.9. The molecule has 13 rings (SSSR count). The predicted molar refractivity (Wildman–Crippen MR) is 267 cm³/mol. The molecular formula is C61H41NO. The van der Waals surface area contributed by atoms with E-state index >= 15 is 0 Å². The summed E-state index contributed by atoms with van der Waals surface area (Å²) >= 11 is 0. The molecule has 0 N–H and O–H groups in total. The van der Waals surface area contributed by atoms with E-state index in [4.69, 9.17) is 4.42 Å². The highest BCUT2D eigenvalue weighted by Gasteiger charge is 2.37. The lowest BCUT2D eigenvalue weighted by Gasteiger charge is -2.33. The molecule has 0 saturated carbocycles. The van der Waals surface area contributed by atoms with Crippen molar-refractivity contribution >= 4 is 82.1 Å². The normalized spacial score (nSPS) is 13.0. The quantitative estimate of drug-likeness (QED) is 0.161. The Morgan fingerprint density at radius 3 is 1.76 bits per heavy atom. The van der Waals surface area contributed by atoms with Crippen LogP contribution in [0.4, 0.5) is 17.1 Å². The molecule has 0 spiro atoms. The van der Waals surface area contributed by atoms with Gasteiger partial charge in [0, 0.05) is 38.4 Å². The molecule has 11 aromatic carbocycles. The molecule has 63 heavy (non-hydrogen) atoms. The van der Waals surface area contributed by atoms with Crippen molar-refractivity contribution in [2.75, 3.05) is 4.90 Å². The van der Waals surface area contributed by atoms with Gasteiger partial charge in [0.2, 0.25) is 0 Å². The highest BCUT2D eigenvalue weighted by Crippen LogP contribution is 2.56. The molecule has 12 aromatic rings. The van der Waals surface area contributed by atoms with Crippen molar-refractivity contribution in [3.63, 3.8) is 0 Å². The molecule has 2 nitrogen and oxygen atoms in total.